The van der Waals surface area contributed by atoms with E-state index in [4.69, 9.17) is 14.5 Å². The number of ether oxygens (including phenoxy) is 2. The number of hydrogen-bond donors (Lipinski definition) is 0. The van der Waals surface area contributed by atoms with Gasteiger partial charge < -0.3 is 9.47 Å². The molecule has 0 bridgehead atoms. The third kappa shape index (κ3) is 5.60. The van der Waals surface area contributed by atoms with E-state index in [0.29, 0.717) is 33.0 Å². The molecular formula is C29H22BrIN2O4S2. The zero-order valence-corrected chi connectivity index (χ0v) is 26.1. The Morgan fingerprint density at radius 1 is 1.23 bits per heavy atom. The summed E-state index contributed by atoms with van der Waals surface area (Å²) in [5.74, 6) is 0.172. The zero-order valence-electron chi connectivity index (χ0n) is 20.7. The number of nitrogens with zero attached hydrogens (tertiary/aromatic N) is 2. The number of thiophene rings is 1. The van der Waals surface area contributed by atoms with Crippen molar-refractivity contribution in [2.24, 2.45) is 4.99 Å². The topological polar surface area (TPSA) is 69.9 Å². The van der Waals surface area contributed by atoms with Crippen molar-refractivity contribution in [3.8, 4) is 5.75 Å². The van der Waals surface area contributed by atoms with Gasteiger partial charge in [-0.15, -0.1) is 11.3 Å². The van der Waals surface area contributed by atoms with Crippen LogP contribution in [0.3, 0.4) is 0 Å². The molecule has 1 aliphatic heterocycles. The van der Waals surface area contributed by atoms with Crippen LogP contribution in [0.5, 0.6) is 5.75 Å². The summed E-state index contributed by atoms with van der Waals surface area (Å²) in [5.41, 5.74) is 2.14. The van der Waals surface area contributed by atoms with E-state index in [1.54, 1.807) is 17.6 Å². The molecule has 198 valence electrons. The molecule has 2 aromatic heterocycles. The number of rotatable bonds is 8. The van der Waals surface area contributed by atoms with E-state index in [2.05, 4.69) is 45.1 Å². The smallest absolute Gasteiger partial charge is 0.338 e. The van der Waals surface area contributed by atoms with Crippen LogP contribution in [0, 0.1) is 3.57 Å². The van der Waals surface area contributed by atoms with Gasteiger partial charge in [-0.1, -0.05) is 76.3 Å². The van der Waals surface area contributed by atoms with Crippen LogP contribution in [0.1, 0.15) is 29.0 Å². The molecule has 0 unspecified atom stereocenters. The quantitative estimate of drug-likeness (QED) is 0.128. The summed E-state index contributed by atoms with van der Waals surface area (Å²) in [6.07, 6.45) is 3.50. The first kappa shape index (κ1) is 27.8. The van der Waals surface area contributed by atoms with Gasteiger partial charge in [0.05, 0.1) is 26.0 Å². The summed E-state index contributed by atoms with van der Waals surface area (Å²) in [7, 11) is 0. The minimum absolute atomic E-state index is 0.209. The molecule has 0 fully saturated rings. The Morgan fingerprint density at radius 3 is 2.72 bits per heavy atom. The Hall–Kier alpha value is -2.80. The molecule has 3 heterocycles. The van der Waals surface area contributed by atoms with Crippen molar-refractivity contribution in [3.05, 3.63) is 122 Å². The second-order valence-corrected chi connectivity index (χ2v) is 12.4. The highest BCUT2D eigenvalue weighted by molar-refractivity contribution is 14.1. The van der Waals surface area contributed by atoms with Crippen LogP contribution in [0.15, 0.2) is 92.5 Å². The number of benzene rings is 2. The Kier molecular flexibility index (Phi) is 8.65. The number of esters is 1. The molecule has 6 nitrogen and oxygen atoms in total. The molecule has 4 aromatic rings. The molecule has 0 N–H and O–H groups in total. The molecule has 0 saturated heterocycles. The summed E-state index contributed by atoms with van der Waals surface area (Å²) in [4.78, 5) is 33.7. The molecule has 0 radical (unpaired) electrons. The number of carbonyl (C=O) groups excluding carboxylic acids is 1. The predicted molar refractivity (Wildman–Crippen MR) is 168 cm³/mol. The molecule has 0 amide bonds. The summed E-state index contributed by atoms with van der Waals surface area (Å²) in [6, 6.07) is 16.6. The number of aromatic nitrogens is 1. The molecule has 0 spiro atoms. The van der Waals surface area contributed by atoms with Crippen LogP contribution in [0.2, 0.25) is 0 Å². The third-order valence-corrected chi connectivity index (χ3v) is 9.02. The van der Waals surface area contributed by atoms with Crippen molar-refractivity contribution >= 4 is 78.9 Å². The number of hydrogen-bond acceptors (Lipinski definition) is 7. The molecule has 5 rings (SSSR count). The second kappa shape index (κ2) is 12.2. The van der Waals surface area contributed by atoms with E-state index >= 15 is 0 Å². The normalized spacial score (nSPS) is 15.1. The fraction of sp³-hybridized carbons (Fsp3) is 0.138. The Labute approximate surface area is 254 Å². The first-order valence-corrected chi connectivity index (χ1v) is 15.5. The number of fused-ring (bicyclic) bond motifs is 1. The fourth-order valence-electron chi connectivity index (χ4n) is 4.28. The van der Waals surface area contributed by atoms with Crippen molar-refractivity contribution in [1.29, 1.82) is 0 Å². The summed E-state index contributed by atoms with van der Waals surface area (Å²) in [6.45, 7) is 6.05. The average Bonchev–Trinajstić information content (AvgIpc) is 3.56. The van der Waals surface area contributed by atoms with Crippen molar-refractivity contribution in [2.45, 2.75) is 13.0 Å². The first-order valence-electron chi connectivity index (χ1n) is 12.0. The lowest BCUT2D eigenvalue weighted by atomic mass is 9.97. The van der Waals surface area contributed by atoms with Crippen molar-refractivity contribution in [3.63, 3.8) is 0 Å². The van der Waals surface area contributed by atoms with Crippen LogP contribution in [-0.2, 0) is 9.53 Å². The van der Waals surface area contributed by atoms with Crippen LogP contribution >= 0.6 is 61.2 Å². The molecule has 1 aliphatic rings. The van der Waals surface area contributed by atoms with Gasteiger partial charge >= 0.3 is 5.97 Å². The van der Waals surface area contributed by atoms with Gasteiger partial charge in [-0.05, 0) is 59.2 Å². The zero-order chi connectivity index (χ0) is 27.5. The summed E-state index contributed by atoms with van der Waals surface area (Å²) in [5, 5.41) is 1.93. The lowest BCUT2D eigenvalue weighted by molar-refractivity contribution is -0.138. The van der Waals surface area contributed by atoms with E-state index in [9.17, 15) is 9.59 Å². The predicted octanol–water partition coefficient (Wildman–Crippen LogP) is 5.93. The number of carbonyl (C=O) groups is 1. The van der Waals surface area contributed by atoms with Crippen molar-refractivity contribution < 1.29 is 14.3 Å². The van der Waals surface area contributed by atoms with Crippen LogP contribution in [0.25, 0.3) is 11.8 Å². The van der Waals surface area contributed by atoms with Gasteiger partial charge in [0.2, 0.25) is 0 Å². The Balaban J connectivity index is 1.80. The third-order valence-electron chi connectivity index (χ3n) is 5.86. The van der Waals surface area contributed by atoms with Gasteiger partial charge in [-0.2, -0.15) is 0 Å². The number of halogens is 2. The monoisotopic (exact) mass is 732 g/mol. The Morgan fingerprint density at radius 2 is 2.03 bits per heavy atom. The second-order valence-electron chi connectivity index (χ2n) is 8.35. The first-order chi connectivity index (χ1) is 18.9. The van der Waals surface area contributed by atoms with Gasteiger partial charge in [-0.3, -0.25) is 9.36 Å². The molecular weight excluding hydrogens is 711 g/mol. The van der Waals surface area contributed by atoms with Crippen molar-refractivity contribution in [2.75, 3.05) is 13.2 Å². The molecule has 39 heavy (non-hydrogen) atoms. The highest BCUT2D eigenvalue weighted by Crippen LogP contribution is 2.37. The minimum atomic E-state index is -0.670. The average molecular weight is 733 g/mol. The lowest BCUT2D eigenvalue weighted by Gasteiger charge is -2.24. The number of thiazole rings is 1. The van der Waals surface area contributed by atoms with Gasteiger partial charge in [0, 0.05) is 20.5 Å². The van der Waals surface area contributed by atoms with E-state index < -0.39 is 12.0 Å². The van der Waals surface area contributed by atoms with Gasteiger partial charge in [-0.25, -0.2) is 9.79 Å². The molecule has 1 atom stereocenters. The lowest BCUT2D eigenvalue weighted by Crippen LogP contribution is -2.39. The Bertz CT molecular complexity index is 1760. The minimum Gasteiger partial charge on any atom is -0.488 e. The van der Waals surface area contributed by atoms with E-state index in [1.165, 1.54) is 22.7 Å². The molecule has 0 aliphatic carbocycles. The van der Waals surface area contributed by atoms with Crippen LogP contribution < -0.4 is 19.6 Å². The summed E-state index contributed by atoms with van der Waals surface area (Å²) < 4.78 is 15.3. The summed E-state index contributed by atoms with van der Waals surface area (Å²) >= 11 is 8.53. The van der Waals surface area contributed by atoms with Crippen molar-refractivity contribution in [1.82, 2.24) is 4.57 Å². The molecule has 2 aromatic carbocycles. The van der Waals surface area contributed by atoms with Gasteiger partial charge in [0.15, 0.2) is 4.80 Å². The van der Waals surface area contributed by atoms with E-state index in [0.717, 1.165) is 24.0 Å². The standard InChI is InChI=1S/C29H22BrIN2O4S2/c1-3-12-37-26-18(14-19(30)16-20(26)31)15-22-27(34)33-25(21-11-8-13-38-21)23(28(35)36-4-2)24(32-29(33)39-22)17-9-6-5-7-10-17/h3,5-11,13-16,25H,1,4,12H2,2H3/b22-15-/t25-/m0/s1. The maximum absolute atomic E-state index is 14.0. The fourth-order valence-corrected chi connectivity index (χ4v) is 7.80. The maximum atomic E-state index is 14.0. The van der Waals surface area contributed by atoms with E-state index in [1.807, 2.05) is 66.1 Å². The van der Waals surface area contributed by atoms with E-state index in [-0.39, 0.29) is 12.2 Å². The van der Waals surface area contributed by atoms with Crippen LogP contribution in [-0.4, -0.2) is 23.8 Å². The molecule has 10 heteroatoms. The largest absolute Gasteiger partial charge is 0.488 e. The molecule has 0 saturated carbocycles. The van der Waals surface area contributed by atoms with Gasteiger partial charge in [0.1, 0.15) is 18.4 Å². The highest BCUT2D eigenvalue weighted by atomic mass is 127. The SMILES string of the molecule is C=CCOc1c(I)cc(Br)cc1/C=c1\sc2n(c1=O)[C@@H](c1cccs1)C(C(=O)OCC)=C(c1ccccc1)N=2. The van der Waals surface area contributed by atoms with Gasteiger partial charge in [0.25, 0.3) is 5.56 Å². The maximum Gasteiger partial charge on any atom is 0.338 e. The highest BCUT2D eigenvalue weighted by Gasteiger charge is 2.35. The van der Waals surface area contributed by atoms with Crippen LogP contribution in [0.4, 0.5) is 0 Å².